The van der Waals surface area contributed by atoms with Crippen molar-refractivity contribution in [2.45, 2.75) is 32.7 Å². The molecule has 1 aromatic carbocycles. The summed E-state index contributed by atoms with van der Waals surface area (Å²) in [6, 6.07) is 5.57. The molecular formula is C18H18Cl2N4OS. The van der Waals surface area contributed by atoms with Crippen LogP contribution in [-0.4, -0.2) is 20.4 Å². The number of nitrogens with one attached hydrogen (secondary N) is 1. The van der Waals surface area contributed by atoms with Gasteiger partial charge in [0.2, 0.25) is 5.91 Å². The number of benzene rings is 1. The van der Waals surface area contributed by atoms with Gasteiger partial charge in [-0.3, -0.25) is 4.79 Å². The van der Waals surface area contributed by atoms with E-state index in [1.165, 1.54) is 11.3 Å². The van der Waals surface area contributed by atoms with Crippen LogP contribution in [0, 0.1) is 6.92 Å². The van der Waals surface area contributed by atoms with E-state index in [0.717, 1.165) is 29.2 Å². The molecule has 8 heteroatoms. The maximum absolute atomic E-state index is 12.1. The number of nitrogens with zero attached hydrogens (tertiary/aromatic N) is 3. The van der Waals surface area contributed by atoms with Crippen LogP contribution in [0.4, 0.5) is 5.13 Å². The summed E-state index contributed by atoms with van der Waals surface area (Å²) in [4.78, 5) is 21.5. The van der Waals surface area contributed by atoms with Crippen molar-refractivity contribution >= 4 is 45.6 Å². The van der Waals surface area contributed by atoms with Crippen LogP contribution in [-0.2, 0) is 17.8 Å². The molecule has 0 atom stereocenters. The van der Waals surface area contributed by atoms with Gasteiger partial charge in [-0.1, -0.05) is 35.3 Å². The first-order valence-corrected chi connectivity index (χ1v) is 9.75. The van der Waals surface area contributed by atoms with E-state index >= 15 is 0 Å². The highest BCUT2D eigenvalue weighted by Gasteiger charge is 2.10. The molecule has 0 aliphatic rings. The van der Waals surface area contributed by atoms with Crippen LogP contribution >= 0.6 is 34.5 Å². The predicted octanol–water partition coefficient (Wildman–Crippen LogP) is 4.96. The minimum Gasteiger partial charge on any atom is -0.335 e. The molecule has 5 nitrogen and oxygen atoms in total. The topological polar surface area (TPSA) is 59.8 Å². The summed E-state index contributed by atoms with van der Waals surface area (Å²) in [5, 5.41) is 4.55. The average molecular weight is 409 g/mol. The molecule has 0 aliphatic carbocycles. The lowest BCUT2D eigenvalue weighted by atomic mass is 10.1. The molecule has 0 aliphatic heterocycles. The molecule has 3 aromatic rings. The Morgan fingerprint density at radius 3 is 2.92 bits per heavy atom. The predicted molar refractivity (Wildman–Crippen MR) is 106 cm³/mol. The molecule has 26 heavy (non-hydrogen) atoms. The van der Waals surface area contributed by atoms with Gasteiger partial charge in [0, 0.05) is 42.9 Å². The highest BCUT2D eigenvalue weighted by atomic mass is 35.5. The fourth-order valence-corrected chi connectivity index (χ4v) is 3.79. The summed E-state index contributed by atoms with van der Waals surface area (Å²) >= 11 is 13.7. The Balaban J connectivity index is 1.50. The summed E-state index contributed by atoms with van der Waals surface area (Å²) in [7, 11) is 0. The van der Waals surface area contributed by atoms with E-state index in [-0.39, 0.29) is 5.91 Å². The Morgan fingerprint density at radius 1 is 1.31 bits per heavy atom. The minimum atomic E-state index is -0.0375. The summed E-state index contributed by atoms with van der Waals surface area (Å²) in [5.74, 6) is 0.916. The third-order valence-corrected chi connectivity index (χ3v) is 5.69. The van der Waals surface area contributed by atoms with Crippen LogP contribution in [0.3, 0.4) is 0 Å². The number of imidazole rings is 1. The summed E-state index contributed by atoms with van der Waals surface area (Å²) < 4.78 is 2.03. The van der Waals surface area contributed by atoms with E-state index in [4.69, 9.17) is 23.2 Å². The number of carbonyl (C=O) groups excluding carboxylic acids is 1. The molecule has 3 rings (SSSR count). The van der Waals surface area contributed by atoms with Crippen molar-refractivity contribution in [2.24, 2.45) is 0 Å². The number of amides is 1. The van der Waals surface area contributed by atoms with Gasteiger partial charge in [-0.05, 0) is 25.0 Å². The Labute approximate surface area is 166 Å². The molecule has 0 spiro atoms. The second-order valence-electron chi connectivity index (χ2n) is 5.84. The number of halogens is 2. The molecule has 2 heterocycles. The zero-order valence-electron chi connectivity index (χ0n) is 14.2. The molecule has 0 saturated carbocycles. The number of aromatic nitrogens is 3. The Morgan fingerprint density at radius 2 is 2.15 bits per heavy atom. The van der Waals surface area contributed by atoms with Crippen LogP contribution in [0.1, 0.15) is 29.1 Å². The van der Waals surface area contributed by atoms with Crippen LogP contribution < -0.4 is 5.32 Å². The van der Waals surface area contributed by atoms with Crippen LogP contribution in [0.2, 0.25) is 10.0 Å². The minimum absolute atomic E-state index is 0.0375. The van der Waals surface area contributed by atoms with Gasteiger partial charge in [-0.25, -0.2) is 9.97 Å². The van der Waals surface area contributed by atoms with Gasteiger partial charge in [-0.15, -0.1) is 11.3 Å². The molecule has 0 unspecified atom stereocenters. The average Bonchev–Trinajstić information content (AvgIpc) is 3.21. The fraction of sp³-hybridized carbons (Fsp3) is 0.278. The lowest BCUT2D eigenvalue weighted by Crippen LogP contribution is -2.12. The quantitative estimate of drug-likeness (QED) is 0.600. The largest absolute Gasteiger partial charge is 0.335 e. The van der Waals surface area contributed by atoms with Crippen molar-refractivity contribution < 1.29 is 4.79 Å². The lowest BCUT2D eigenvalue weighted by Gasteiger charge is -2.05. The maximum Gasteiger partial charge on any atom is 0.226 e. The van der Waals surface area contributed by atoms with E-state index in [1.54, 1.807) is 18.5 Å². The van der Waals surface area contributed by atoms with Gasteiger partial charge in [0.1, 0.15) is 5.82 Å². The smallest absolute Gasteiger partial charge is 0.226 e. The second kappa shape index (κ2) is 8.66. The van der Waals surface area contributed by atoms with Gasteiger partial charge in [-0.2, -0.15) is 0 Å². The third kappa shape index (κ3) is 4.84. The summed E-state index contributed by atoms with van der Waals surface area (Å²) in [6.45, 7) is 2.72. The van der Waals surface area contributed by atoms with Gasteiger partial charge in [0.25, 0.3) is 0 Å². The van der Waals surface area contributed by atoms with Crippen molar-refractivity contribution in [1.82, 2.24) is 14.5 Å². The first kappa shape index (κ1) is 18.9. The van der Waals surface area contributed by atoms with Crippen molar-refractivity contribution in [1.29, 1.82) is 0 Å². The molecule has 0 radical (unpaired) electrons. The van der Waals surface area contributed by atoms with E-state index < -0.39 is 0 Å². The molecule has 0 bridgehead atoms. The zero-order valence-corrected chi connectivity index (χ0v) is 16.5. The second-order valence-corrected chi connectivity index (χ2v) is 7.74. The van der Waals surface area contributed by atoms with Gasteiger partial charge >= 0.3 is 0 Å². The third-order valence-electron chi connectivity index (χ3n) is 3.92. The highest BCUT2D eigenvalue weighted by Crippen LogP contribution is 2.29. The van der Waals surface area contributed by atoms with Gasteiger partial charge in [0.05, 0.1) is 10.0 Å². The number of anilines is 1. The van der Waals surface area contributed by atoms with Crippen molar-refractivity contribution in [2.75, 3.05) is 5.32 Å². The van der Waals surface area contributed by atoms with Gasteiger partial charge in [0.15, 0.2) is 5.13 Å². The maximum atomic E-state index is 12.1. The molecular weight excluding hydrogens is 391 g/mol. The summed E-state index contributed by atoms with van der Waals surface area (Å²) in [6.07, 6.45) is 7.26. The molecule has 2 aromatic heterocycles. The molecule has 0 fully saturated rings. The number of aryl methyl sites for hydroxylation is 2. The Bertz CT molecular complexity index is 906. The van der Waals surface area contributed by atoms with E-state index in [1.807, 2.05) is 29.8 Å². The van der Waals surface area contributed by atoms with Crippen LogP contribution in [0.25, 0.3) is 0 Å². The van der Waals surface area contributed by atoms with E-state index in [2.05, 4.69) is 15.3 Å². The number of thiazole rings is 1. The zero-order chi connectivity index (χ0) is 18.5. The Kier molecular flexibility index (Phi) is 6.29. The Hall–Kier alpha value is -1.89. The normalized spacial score (nSPS) is 10.9. The monoisotopic (exact) mass is 408 g/mol. The van der Waals surface area contributed by atoms with Crippen molar-refractivity contribution in [3.63, 3.8) is 0 Å². The first-order valence-electron chi connectivity index (χ1n) is 8.18. The number of hydrogen-bond acceptors (Lipinski definition) is 4. The van der Waals surface area contributed by atoms with Gasteiger partial charge < -0.3 is 9.88 Å². The van der Waals surface area contributed by atoms with Crippen molar-refractivity contribution in [3.05, 3.63) is 63.1 Å². The standard InChI is InChI=1S/C18H18Cl2N4OS/c1-12-21-7-9-24(12)8-3-6-16(25)23-18-22-11-14(26-18)10-13-4-2-5-15(19)17(13)20/h2,4-5,7,9,11H,3,6,8,10H2,1H3,(H,22,23,25). The van der Waals surface area contributed by atoms with E-state index in [0.29, 0.717) is 28.0 Å². The van der Waals surface area contributed by atoms with Crippen LogP contribution in [0.5, 0.6) is 0 Å². The van der Waals surface area contributed by atoms with Crippen molar-refractivity contribution in [3.8, 4) is 0 Å². The highest BCUT2D eigenvalue weighted by molar-refractivity contribution is 7.15. The molecule has 1 N–H and O–H groups in total. The molecule has 136 valence electrons. The number of rotatable bonds is 7. The molecule has 1 amide bonds. The molecule has 0 saturated heterocycles. The number of carbonyl (C=O) groups is 1. The first-order chi connectivity index (χ1) is 12.5. The van der Waals surface area contributed by atoms with Crippen LogP contribution in [0.15, 0.2) is 36.8 Å². The van der Waals surface area contributed by atoms with E-state index in [9.17, 15) is 4.79 Å². The fourth-order valence-electron chi connectivity index (χ4n) is 2.55. The lowest BCUT2D eigenvalue weighted by molar-refractivity contribution is -0.116. The summed E-state index contributed by atoms with van der Waals surface area (Å²) in [5.41, 5.74) is 0.941. The number of hydrogen-bond donors (Lipinski definition) is 1. The SMILES string of the molecule is Cc1nccn1CCCC(=O)Nc1ncc(Cc2cccc(Cl)c2Cl)s1.